The Morgan fingerprint density at radius 3 is 2.96 bits per heavy atom. The summed E-state index contributed by atoms with van der Waals surface area (Å²) in [7, 11) is 1.82. The van der Waals surface area contributed by atoms with Crippen molar-refractivity contribution >= 4 is 23.3 Å². The second-order valence-corrected chi connectivity index (χ2v) is 6.59. The van der Waals surface area contributed by atoms with Crippen molar-refractivity contribution in [3.8, 4) is 0 Å². The second kappa shape index (κ2) is 8.15. The first kappa shape index (κ1) is 19.5. The fourth-order valence-corrected chi connectivity index (χ4v) is 3.13. The Morgan fingerprint density at radius 2 is 2.22 bits per heavy atom. The highest BCUT2D eigenvalue weighted by molar-refractivity contribution is 5.83. The number of nitrogens with two attached hydrogens (primary N) is 2. The lowest BCUT2D eigenvalue weighted by Crippen LogP contribution is -2.40. The van der Waals surface area contributed by atoms with Crippen LogP contribution in [0.1, 0.15) is 12.6 Å². The number of hydrogen-bond acceptors (Lipinski definition) is 10. The van der Waals surface area contributed by atoms with Crippen LogP contribution in [0.5, 0.6) is 0 Å². The van der Waals surface area contributed by atoms with Crippen molar-refractivity contribution in [3.63, 3.8) is 0 Å². The Hall–Kier alpha value is -2.31. The normalized spacial score (nSPS) is 26.6. The Bertz CT molecular complexity index is 786. The highest BCUT2D eigenvalue weighted by Gasteiger charge is 2.44. The first-order valence-electron chi connectivity index (χ1n) is 8.54. The van der Waals surface area contributed by atoms with Crippen LogP contribution in [0, 0.1) is 0 Å². The van der Waals surface area contributed by atoms with Crippen LogP contribution in [0.4, 0.5) is 5.69 Å². The van der Waals surface area contributed by atoms with E-state index in [4.69, 9.17) is 16.2 Å². The Labute approximate surface area is 155 Å². The molecular weight excluding hydrogens is 356 g/mol. The molecule has 1 aliphatic rings. The summed E-state index contributed by atoms with van der Waals surface area (Å²) in [6.07, 6.45) is -0.929. The van der Waals surface area contributed by atoms with Crippen LogP contribution in [0.3, 0.4) is 0 Å². The Balaban J connectivity index is 1.66. The van der Waals surface area contributed by atoms with E-state index in [1.807, 2.05) is 11.9 Å². The molecule has 2 aromatic heterocycles. The van der Waals surface area contributed by atoms with Gasteiger partial charge in [0.05, 0.1) is 12.0 Å². The molecule has 27 heavy (non-hydrogen) atoms. The zero-order chi connectivity index (χ0) is 19.6. The minimum absolute atomic E-state index is 0.311. The van der Waals surface area contributed by atoms with E-state index >= 15 is 0 Å². The predicted molar refractivity (Wildman–Crippen MR) is 95.1 cm³/mol. The number of aromatic nitrogens is 3. The van der Waals surface area contributed by atoms with E-state index in [9.17, 15) is 15.0 Å². The van der Waals surface area contributed by atoms with Crippen LogP contribution in [-0.2, 0) is 14.3 Å². The van der Waals surface area contributed by atoms with Crippen molar-refractivity contribution in [2.24, 2.45) is 5.73 Å². The van der Waals surface area contributed by atoms with E-state index in [0.29, 0.717) is 42.8 Å². The van der Waals surface area contributed by atoms with Gasteiger partial charge in [-0.3, -0.25) is 15.1 Å². The van der Waals surface area contributed by atoms with Crippen molar-refractivity contribution in [2.75, 3.05) is 25.9 Å². The number of likely N-dealkylation sites (N-methyl/N-ethyl adjacent to an activating group) is 1. The maximum atomic E-state index is 10.4. The van der Waals surface area contributed by atoms with Crippen molar-refractivity contribution in [1.82, 2.24) is 19.4 Å². The standard InChI is InChI=1S/C16H24N6O5/c1-21(5-3-11(18)26-8-23)6-10-13(24)14(25)16(27-10)22-7-20-12-9(17)2-4-19-15(12)22/h2,4,7-8,10-11,13-14,16,24-25H,3,5-6,18H2,1H3,(H2,17,19)/t10-,11?,13-,14-,16?/m1/s1. The van der Waals surface area contributed by atoms with Gasteiger partial charge in [0.25, 0.3) is 6.47 Å². The van der Waals surface area contributed by atoms with Crippen LogP contribution in [0.25, 0.3) is 11.2 Å². The number of imidazole rings is 1. The minimum Gasteiger partial charge on any atom is -0.449 e. The summed E-state index contributed by atoms with van der Waals surface area (Å²) < 4.78 is 12.1. The Morgan fingerprint density at radius 1 is 1.44 bits per heavy atom. The number of anilines is 1. The molecule has 3 rings (SSSR count). The quantitative estimate of drug-likeness (QED) is 0.310. The molecule has 0 aromatic carbocycles. The molecule has 0 aliphatic carbocycles. The third-order valence-corrected chi connectivity index (χ3v) is 4.62. The number of carbonyl (C=O) groups is 1. The fourth-order valence-electron chi connectivity index (χ4n) is 3.13. The molecule has 6 N–H and O–H groups in total. The molecule has 2 unspecified atom stereocenters. The van der Waals surface area contributed by atoms with Gasteiger partial charge < -0.3 is 30.3 Å². The van der Waals surface area contributed by atoms with Crippen LogP contribution < -0.4 is 11.5 Å². The average molecular weight is 380 g/mol. The van der Waals surface area contributed by atoms with Crippen molar-refractivity contribution in [3.05, 3.63) is 18.6 Å². The molecule has 0 spiro atoms. The lowest BCUT2D eigenvalue weighted by molar-refractivity contribution is -0.133. The highest BCUT2D eigenvalue weighted by atomic mass is 16.6. The molecule has 0 saturated carbocycles. The maximum Gasteiger partial charge on any atom is 0.294 e. The number of aliphatic hydroxyl groups is 2. The lowest BCUT2D eigenvalue weighted by Gasteiger charge is -2.23. The summed E-state index contributed by atoms with van der Waals surface area (Å²) in [5.41, 5.74) is 12.9. The number of hydrogen-bond donors (Lipinski definition) is 4. The molecule has 1 fully saturated rings. The van der Waals surface area contributed by atoms with Crippen molar-refractivity contribution in [2.45, 2.75) is 37.2 Å². The van der Waals surface area contributed by atoms with Crippen LogP contribution in [-0.4, -0.2) is 80.8 Å². The van der Waals surface area contributed by atoms with Crippen molar-refractivity contribution < 1.29 is 24.5 Å². The molecule has 11 heteroatoms. The van der Waals surface area contributed by atoms with E-state index in [2.05, 4.69) is 14.7 Å². The number of carbonyl (C=O) groups excluding carboxylic acids is 1. The topological polar surface area (TPSA) is 162 Å². The summed E-state index contributed by atoms with van der Waals surface area (Å²) in [5.74, 6) is 0. The van der Waals surface area contributed by atoms with Gasteiger partial charge in [-0.1, -0.05) is 0 Å². The number of rotatable bonds is 8. The molecule has 11 nitrogen and oxygen atoms in total. The third kappa shape index (κ3) is 4.01. The number of aliphatic hydroxyl groups excluding tert-OH is 2. The van der Waals surface area contributed by atoms with E-state index in [-0.39, 0.29) is 0 Å². The highest BCUT2D eigenvalue weighted by Crippen LogP contribution is 2.32. The molecule has 2 aromatic rings. The third-order valence-electron chi connectivity index (χ3n) is 4.62. The summed E-state index contributed by atoms with van der Waals surface area (Å²) in [6.45, 7) is 1.19. The van der Waals surface area contributed by atoms with Crippen LogP contribution >= 0.6 is 0 Å². The lowest BCUT2D eigenvalue weighted by atomic mass is 10.1. The molecule has 1 saturated heterocycles. The van der Waals surface area contributed by atoms with Crippen molar-refractivity contribution in [1.29, 1.82) is 0 Å². The molecule has 1 aliphatic heterocycles. The largest absolute Gasteiger partial charge is 0.449 e. The minimum atomic E-state index is -1.15. The zero-order valence-corrected chi connectivity index (χ0v) is 14.9. The summed E-state index contributed by atoms with van der Waals surface area (Å²) in [5, 5.41) is 20.8. The van der Waals surface area contributed by atoms with E-state index < -0.39 is 30.8 Å². The van der Waals surface area contributed by atoms with Gasteiger partial charge in [-0.15, -0.1) is 0 Å². The monoisotopic (exact) mass is 380 g/mol. The van der Waals surface area contributed by atoms with Gasteiger partial charge in [0, 0.05) is 25.7 Å². The maximum absolute atomic E-state index is 10.4. The first-order valence-corrected chi connectivity index (χ1v) is 8.54. The number of nitrogens with zero attached hydrogens (tertiary/aromatic N) is 4. The molecule has 0 radical (unpaired) electrons. The molecule has 0 amide bonds. The van der Waals surface area contributed by atoms with E-state index in [1.165, 1.54) is 6.33 Å². The summed E-state index contributed by atoms with van der Waals surface area (Å²) in [4.78, 5) is 20.6. The number of pyridine rings is 1. The number of fused-ring (bicyclic) bond motifs is 1. The fraction of sp³-hybridized carbons (Fsp3) is 0.562. The summed E-state index contributed by atoms with van der Waals surface area (Å²) >= 11 is 0. The van der Waals surface area contributed by atoms with Crippen LogP contribution in [0.15, 0.2) is 18.6 Å². The predicted octanol–water partition coefficient (Wildman–Crippen LogP) is -1.59. The zero-order valence-electron chi connectivity index (χ0n) is 14.9. The Kier molecular flexibility index (Phi) is 5.87. The molecular formula is C16H24N6O5. The number of nitrogen functional groups attached to an aromatic ring is 1. The molecule has 148 valence electrons. The second-order valence-electron chi connectivity index (χ2n) is 6.59. The van der Waals surface area contributed by atoms with E-state index in [0.717, 1.165) is 0 Å². The first-order chi connectivity index (χ1) is 12.9. The molecule has 0 bridgehead atoms. The molecule has 5 atom stereocenters. The van der Waals surface area contributed by atoms with Gasteiger partial charge in [-0.2, -0.15) is 0 Å². The van der Waals surface area contributed by atoms with Gasteiger partial charge >= 0.3 is 0 Å². The summed E-state index contributed by atoms with van der Waals surface area (Å²) in [6, 6.07) is 1.64. The van der Waals surface area contributed by atoms with Gasteiger partial charge in [0.2, 0.25) is 0 Å². The van der Waals surface area contributed by atoms with Gasteiger partial charge in [0.15, 0.2) is 18.1 Å². The molecule has 3 heterocycles. The smallest absolute Gasteiger partial charge is 0.294 e. The SMILES string of the molecule is CN(CCC(N)OC=O)C[C@H]1OC(n2cnc3c(N)ccnc32)[C@H](O)[C@@H]1O. The van der Waals surface area contributed by atoms with Gasteiger partial charge in [0.1, 0.15) is 23.8 Å². The van der Waals surface area contributed by atoms with Gasteiger partial charge in [-0.05, 0) is 13.1 Å². The van der Waals surface area contributed by atoms with Crippen LogP contribution in [0.2, 0.25) is 0 Å². The average Bonchev–Trinajstić information content (AvgIpc) is 3.18. The number of ether oxygens (including phenoxy) is 2. The van der Waals surface area contributed by atoms with Gasteiger partial charge in [-0.25, -0.2) is 9.97 Å². The van der Waals surface area contributed by atoms with E-state index in [1.54, 1.807) is 16.8 Å².